The first-order valence-electron chi connectivity index (χ1n) is 10.0. The van der Waals surface area contributed by atoms with Crippen molar-refractivity contribution in [3.8, 4) is 17.2 Å². The number of para-hydroxylation sites is 1. The number of carbonyl (C=O) groups is 1. The monoisotopic (exact) mass is 424 g/mol. The number of aromatic hydroxyl groups is 2. The molecule has 4 rings (SSSR count). The van der Waals surface area contributed by atoms with Gasteiger partial charge in [0.25, 0.3) is 0 Å². The van der Waals surface area contributed by atoms with Gasteiger partial charge in [0.2, 0.25) is 0 Å². The number of thioether (sulfide) groups is 1. The number of phenols is 2. The van der Waals surface area contributed by atoms with Crippen molar-refractivity contribution in [1.29, 1.82) is 0 Å². The van der Waals surface area contributed by atoms with Crippen molar-refractivity contribution in [3.63, 3.8) is 0 Å². The van der Waals surface area contributed by atoms with Gasteiger partial charge in [-0.1, -0.05) is 36.4 Å². The van der Waals surface area contributed by atoms with Crippen molar-refractivity contribution in [1.82, 2.24) is 19.7 Å². The molecule has 2 aromatic carbocycles. The van der Waals surface area contributed by atoms with Gasteiger partial charge in [0.1, 0.15) is 0 Å². The second-order valence-electron chi connectivity index (χ2n) is 7.32. The molecule has 2 heterocycles. The minimum Gasteiger partial charge on any atom is -0.504 e. The lowest BCUT2D eigenvalue weighted by Crippen LogP contribution is -2.30. The predicted molar refractivity (Wildman–Crippen MR) is 115 cm³/mol. The lowest BCUT2D eigenvalue weighted by atomic mass is 10.1. The van der Waals surface area contributed by atoms with Gasteiger partial charge in [-0.3, -0.25) is 14.3 Å². The number of Topliss-reactive ketones (excluding diaryl/α,β-unsaturated/α-hetero) is 1. The molecule has 1 aromatic heterocycles. The standard InChI is InChI=1S/C22H24N4O3S/c27-18-10-9-16(13-19(18)28)20(29)15-30-22-24-23-21(14-25-11-5-2-6-12-25)26(22)17-7-3-1-4-8-17/h1,3-4,7-10,13,27-28H,2,5-6,11-12,14-15H2. The van der Waals surface area contributed by atoms with Crippen LogP contribution < -0.4 is 0 Å². The van der Waals surface area contributed by atoms with E-state index >= 15 is 0 Å². The smallest absolute Gasteiger partial charge is 0.196 e. The molecule has 0 bridgehead atoms. The number of aromatic nitrogens is 3. The second-order valence-corrected chi connectivity index (χ2v) is 8.26. The summed E-state index contributed by atoms with van der Waals surface area (Å²) in [5, 5.41) is 28.5. The first kappa shape index (κ1) is 20.4. The van der Waals surface area contributed by atoms with Crippen LogP contribution >= 0.6 is 11.8 Å². The molecule has 30 heavy (non-hydrogen) atoms. The molecular weight excluding hydrogens is 400 g/mol. The Morgan fingerprint density at radius 2 is 1.73 bits per heavy atom. The van der Waals surface area contributed by atoms with Crippen LogP contribution in [0, 0.1) is 0 Å². The largest absolute Gasteiger partial charge is 0.504 e. The van der Waals surface area contributed by atoms with Gasteiger partial charge >= 0.3 is 0 Å². The molecule has 0 unspecified atom stereocenters. The SMILES string of the molecule is O=C(CSc1nnc(CN2CCCCC2)n1-c1ccccc1)c1ccc(O)c(O)c1. The van der Waals surface area contributed by atoms with Crippen LogP contribution in [0.5, 0.6) is 11.5 Å². The number of nitrogens with zero attached hydrogens (tertiary/aromatic N) is 4. The molecule has 1 saturated heterocycles. The van der Waals surface area contributed by atoms with Gasteiger partial charge in [-0.2, -0.15) is 0 Å². The third-order valence-electron chi connectivity index (χ3n) is 5.16. The molecular formula is C22H24N4O3S. The minimum absolute atomic E-state index is 0.152. The van der Waals surface area contributed by atoms with E-state index < -0.39 is 0 Å². The van der Waals surface area contributed by atoms with E-state index in [1.165, 1.54) is 49.2 Å². The van der Waals surface area contributed by atoms with E-state index in [2.05, 4.69) is 15.1 Å². The molecule has 0 amide bonds. The van der Waals surface area contributed by atoms with E-state index in [-0.39, 0.29) is 23.0 Å². The number of hydrogen-bond acceptors (Lipinski definition) is 7. The number of phenolic OH excluding ortho intramolecular Hbond substituents is 2. The van der Waals surface area contributed by atoms with Crippen LogP contribution in [0.1, 0.15) is 35.4 Å². The zero-order valence-electron chi connectivity index (χ0n) is 16.6. The Morgan fingerprint density at radius 1 is 0.967 bits per heavy atom. The van der Waals surface area contributed by atoms with E-state index in [0.717, 1.165) is 31.1 Å². The molecule has 156 valence electrons. The van der Waals surface area contributed by atoms with Crippen LogP contribution in [0.2, 0.25) is 0 Å². The summed E-state index contributed by atoms with van der Waals surface area (Å²) >= 11 is 1.31. The molecule has 0 radical (unpaired) electrons. The van der Waals surface area contributed by atoms with Crippen LogP contribution in [-0.2, 0) is 6.54 Å². The van der Waals surface area contributed by atoms with Crippen molar-refractivity contribution in [2.75, 3.05) is 18.8 Å². The lowest BCUT2D eigenvalue weighted by Gasteiger charge is -2.26. The first-order chi connectivity index (χ1) is 14.6. The normalized spacial score (nSPS) is 14.7. The molecule has 8 heteroatoms. The first-order valence-corrected chi connectivity index (χ1v) is 11.0. The maximum Gasteiger partial charge on any atom is 0.196 e. The van der Waals surface area contributed by atoms with Crippen LogP contribution in [0.3, 0.4) is 0 Å². The van der Waals surface area contributed by atoms with Gasteiger partial charge in [-0.15, -0.1) is 10.2 Å². The fraction of sp³-hybridized carbons (Fsp3) is 0.318. The van der Waals surface area contributed by atoms with Crippen LogP contribution in [-0.4, -0.2) is 54.5 Å². The van der Waals surface area contributed by atoms with Crippen LogP contribution in [0.15, 0.2) is 53.7 Å². The Hall–Kier alpha value is -2.84. The number of rotatable bonds is 7. The molecule has 3 aromatic rings. The highest BCUT2D eigenvalue weighted by atomic mass is 32.2. The van der Waals surface area contributed by atoms with Gasteiger partial charge in [0.15, 0.2) is 28.3 Å². The summed E-state index contributed by atoms with van der Waals surface area (Å²) in [6.45, 7) is 2.85. The average molecular weight is 425 g/mol. The maximum absolute atomic E-state index is 12.6. The highest BCUT2D eigenvalue weighted by molar-refractivity contribution is 7.99. The Morgan fingerprint density at radius 3 is 2.47 bits per heavy atom. The Bertz CT molecular complexity index is 1020. The van der Waals surface area contributed by atoms with Gasteiger partial charge < -0.3 is 10.2 Å². The van der Waals surface area contributed by atoms with Crippen molar-refractivity contribution in [3.05, 3.63) is 59.9 Å². The summed E-state index contributed by atoms with van der Waals surface area (Å²) in [6.07, 6.45) is 3.68. The molecule has 0 saturated carbocycles. The average Bonchev–Trinajstić information content (AvgIpc) is 3.17. The van der Waals surface area contributed by atoms with E-state index in [4.69, 9.17) is 0 Å². The molecule has 2 N–H and O–H groups in total. The van der Waals surface area contributed by atoms with Crippen molar-refractivity contribution < 1.29 is 15.0 Å². The Kier molecular flexibility index (Phi) is 6.35. The summed E-state index contributed by atoms with van der Waals surface area (Å²) in [4.78, 5) is 15.0. The van der Waals surface area contributed by atoms with E-state index in [0.29, 0.717) is 10.7 Å². The van der Waals surface area contributed by atoms with E-state index in [1.54, 1.807) is 0 Å². The predicted octanol–water partition coefficient (Wildman–Crippen LogP) is 3.64. The molecule has 1 aliphatic rings. The Balaban J connectivity index is 1.54. The molecule has 1 aliphatic heterocycles. The molecule has 7 nitrogen and oxygen atoms in total. The Labute approximate surface area is 179 Å². The summed E-state index contributed by atoms with van der Waals surface area (Å²) in [5.41, 5.74) is 1.31. The zero-order chi connectivity index (χ0) is 20.9. The molecule has 0 spiro atoms. The fourth-order valence-corrected chi connectivity index (χ4v) is 4.43. The number of ketones is 1. The summed E-state index contributed by atoms with van der Waals surface area (Å²) in [7, 11) is 0. The van der Waals surface area contributed by atoms with E-state index in [9.17, 15) is 15.0 Å². The van der Waals surface area contributed by atoms with Crippen molar-refractivity contribution in [2.24, 2.45) is 0 Å². The van der Waals surface area contributed by atoms with E-state index in [1.807, 2.05) is 34.9 Å². The number of piperidine rings is 1. The molecule has 0 aliphatic carbocycles. The molecule has 0 atom stereocenters. The van der Waals surface area contributed by atoms with Crippen LogP contribution in [0.4, 0.5) is 0 Å². The second kappa shape index (κ2) is 9.32. The highest BCUT2D eigenvalue weighted by Crippen LogP contribution is 2.27. The van der Waals surface area contributed by atoms with Gasteiger partial charge in [0.05, 0.1) is 12.3 Å². The number of benzene rings is 2. The third-order valence-corrected chi connectivity index (χ3v) is 6.09. The summed E-state index contributed by atoms with van der Waals surface area (Å²) in [5.74, 6) is 0.308. The maximum atomic E-state index is 12.6. The quantitative estimate of drug-likeness (QED) is 0.340. The van der Waals surface area contributed by atoms with Crippen molar-refractivity contribution >= 4 is 17.5 Å². The number of carbonyl (C=O) groups excluding carboxylic acids is 1. The fourth-order valence-electron chi connectivity index (χ4n) is 3.56. The summed E-state index contributed by atoms with van der Waals surface area (Å²) < 4.78 is 2.01. The zero-order valence-corrected chi connectivity index (χ0v) is 17.4. The topological polar surface area (TPSA) is 91.5 Å². The number of likely N-dealkylation sites (tertiary alicyclic amines) is 1. The summed E-state index contributed by atoms with van der Waals surface area (Å²) in [6, 6.07) is 14.0. The molecule has 1 fully saturated rings. The van der Waals surface area contributed by atoms with Gasteiger partial charge in [-0.05, 0) is 56.3 Å². The van der Waals surface area contributed by atoms with Crippen molar-refractivity contribution in [2.45, 2.75) is 31.0 Å². The highest BCUT2D eigenvalue weighted by Gasteiger charge is 2.20. The van der Waals surface area contributed by atoms with Gasteiger partial charge in [0, 0.05) is 11.3 Å². The lowest BCUT2D eigenvalue weighted by molar-refractivity contribution is 0.102. The number of hydrogen-bond donors (Lipinski definition) is 2. The van der Waals surface area contributed by atoms with Gasteiger partial charge in [-0.25, -0.2) is 0 Å². The minimum atomic E-state index is -0.304. The van der Waals surface area contributed by atoms with Crippen LogP contribution in [0.25, 0.3) is 5.69 Å². The third kappa shape index (κ3) is 4.66.